The SMILES string of the molecule is CCOC(=O)[C@H]1[C@@H](C)N1Cc1ccccc1. The predicted octanol–water partition coefficient (Wildman–Crippen LogP) is 1.82. The van der Waals surface area contributed by atoms with Crippen molar-refractivity contribution in [1.82, 2.24) is 4.90 Å². The van der Waals surface area contributed by atoms with E-state index in [4.69, 9.17) is 4.74 Å². The van der Waals surface area contributed by atoms with Crippen molar-refractivity contribution in [2.75, 3.05) is 6.61 Å². The molecule has 1 fully saturated rings. The lowest BCUT2D eigenvalue weighted by Crippen LogP contribution is -2.16. The van der Waals surface area contributed by atoms with Gasteiger partial charge in [0.2, 0.25) is 0 Å². The van der Waals surface area contributed by atoms with Crippen LogP contribution in [0.4, 0.5) is 0 Å². The first-order valence-electron chi connectivity index (χ1n) is 5.70. The summed E-state index contributed by atoms with van der Waals surface area (Å²) in [5, 5.41) is 0. The van der Waals surface area contributed by atoms with E-state index in [9.17, 15) is 4.79 Å². The third-order valence-electron chi connectivity index (χ3n) is 2.98. The fourth-order valence-electron chi connectivity index (χ4n) is 2.01. The van der Waals surface area contributed by atoms with Crippen LogP contribution in [-0.4, -0.2) is 29.6 Å². The highest BCUT2D eigenvalue weighted by atomic mass is 16.5. The zero-order valence-electron chi connectivity index (χ0n) is 9.72. The Morgan fingerprint density at radius 1 is 1.38 bits per heavy atom. The smallest absolute Gasteiger partial charge is 0.324 e. The first-order chi connectivity index (χ1) is 7.74. The zero-order valence-corrected chi connectivity index (χ0v) is 9.72. The van der Waals surface area contributed by atoms with E-state index < -0.39 is 0 Å². The molecule has 1 aliphatic heterocycles. The number of ether oxygens (including phenoxy) is 1. The van der Waals surface area contributed by atoms with Gasteiger partial charge in [-0.2, -0.15) is 0 Å². The van der Waals surface area contributed by atoms with E-state index in [2.05, 4.69) is 24.0 Å². The quantitative estimate of drug-likeness (QED) is 0.571. The Morgan fingerprint density at radius 2 is 2.06 bits per heavy atom. The van der Waals surface area contributed by atoms with Gasteiger partial charge in [0.05, 0.1) is 6.61 Å². The molecule has 16 heavy (non-hydrogen) atoms. The molecule has 1 heterocycles. The van der Waals surface area contributed by atoms with Crippen LogP contribution in [0.3, 0.4) is 0 Å². The molecule has 3 heteroatoms. The van der Waals surface area contributed by atoms with Gasteiger partial charge in [-0.3, -0.25) is 9.69 Å². The number of nitrogens with zero attached hydrogens (tertiary/aromatic N) is 1. The molecule has 0 saturated carbocycles. The second kappa shape index (κ2) is 4.66. The summed E-state index contributed by atoms with van der Waals surface area (Å²) in [7, 11) is 0. The molecule has 2 rings (SSSR count). The maximum absolute atomic E-state index is 11.6. The minimum absolute atomic E-state index is 0.0415. The maximum Gasteiger partial charge on any atom is 0.324 e. The number of hydrogen-bond acceptors (Lipinski definition) is 3. The van der Waals surface area contributed by atoms with Crippen LogP contribution in [0.15, 0.2) is 30.3 Å². The molecule has 0 bridgehead atoms. The lowest BCUT2D eigenvalue weighted by atomic mass is 10.2. The second-order valence-electron chi connectivity index (χ2n) is 4.10. The van der Waals surface area contributed by atoms with Crippen LogP contribution >= 0.6 is 0 Å². The van der Waals surface area contributed by atoms with Gasteiger partial charge in [0, 0.05) is 12.6 Å². The number of hydrogen-bond donors (Lipinski definition) is 0. The zero-order chi connectivity index (χ0) is 11.5. The lowest BCUT2D eigenvalue weighted by molar-refractivity contribution is -0.143. The molecule has 0 radical (unpaired) electrons. The summed E-state index contributed by atoms with van der Waals surface area (Å²) < 4.78 is 5.02. The summed E-state index contributed by atoms with van der Waals surface area (Å²) >= 11 is 0. The standard InChI is InChI=1S/C13H17NO2/c1-3-16-13(15)12-10(2)14(12)9-11-7-5-4-6-8-11/h4-8,10,12H,3,9H2,1-2H3/t10-,12-,14?/m1/s1. The summed E-state index contributed by atoms with van der Waals surface area (Å²) in [4.78, 5) is 13.7. The van der Waals surface area contributed by atoms with Crippen LogP contribution in [-0.2, 0) is 16.1 Å². The number of esters is 1. The van der Waals surface area contributed by atoms with Gasteiger partial charge in [-0.05, 0) is 19.4 Å². The molecular weight excluding hydrogens is 202 g/mol. The van der Waals surface area contributed by atoms with E-state index in [-0.39, 0.29) is 12.0 Å². The van der Waals surface area contributed by atoms with Crippen molar-refractivity contribution in [2.45, 2.75) is 32.5 Å². The molecule has 3 nitrogen and oxygen atoms in total. The van der Waals surface area contributed by atoms with Gasteiger partial charge in [0.25, 0.3) is 0 Å². The highest BCUT2D eigenvalue weighted by Crippen LogP contribution is 2.30. The van der Waals surface area contributed by atoms with E-state index in [0.29, 0.717) is 12.6 Å². The van der Waals surface area contributed by atoms with E-state index in [1.807, 2.05) is 25.1 Å². The monoisotopic (exact) mass is 219 g/mol. The minimum Gasteiger partial charge on any atom is -0.465 e. The van der Waals surface area contributed by atoms with Gasteiger partial charge >= 0.3 is 5.97 Å². The molecule has 1 aromatic rings. The van der Waals surface area contributed by atoms with Crippen LogP contribution in [0.5, 0.6) is 0 Å². The number of rotatable bonds is 4. The third-order valence-corrected chi connectivity index (χ3v) is 2.98. The molecule has 0 aliphatic carbocycles. The number of carbonyl (C=O) groups is 1. The van der Waals surface area contributed by atoms with Crippen LogP contribution in [0, 0.1) is 0 Å². The average Bonchev–Trinajstić information content (AvgIpc) is 2.91. The van der Waals surface area contributed by atoms with Crippen molar-refractivity contribution < 1.29 is 9.53 Å². The van der Waals surface area contributed by atoms with E-state index >= 15 is 0 Å². The number of carbonyl (C=O) groups excluding carboxylic acids is 1. The molecule has 0 amide bonds. The first-order valence-corrected chi connectivity index (χ1v) is 5.70. The van der Waals surface area contributed by atoms with Crippen molar-refractivity contribution in [2.24, 2.45) is 0 Å². The lowest BCUT2D eigenvalue weighted by Gasteiger charge is -2.03. The van der Waals surface area contributed by atoms with Crippen LogP contribution in [0.1, 0.15) is 19.4 Å². The molecular formula is C13H17NO2. The Labute approximate surface area is 96.0 Å². The summed E-state index contributed by atoms with van der Waals surface area (Å²) in [6, 6.07) is 10.4. The van der Waals surface area contributed by atoms with Gasteiger partial charge in [-0.1, -0.05) is 30.3 Å². The van der Waals surface area contributed by atoms with Gasteiger partial charge in [-0.25, -0.2) is 0 Å². The molecule has 0 spiro atoms. The minimum atomic E-state index is -0.0917. The Morgan fingerprint density at radius 3 is 2.69 bits per heavy atom. The van der Waals surface area contributed by atoms with Crippen molar-refractivity contribution in [1.29, 1.82) is 0 Å². The summed E-state index contributed by atoms with van der Waals surface area (Å²) in [6.07, 6.45) is 0. The molecule has 1 unspecified atom stereocenters. The highest BCUT2D eigenvalue weighted by molar-refractivity contribution is 5.80. The summed E-state index contributed by atoms with van der Waals surface area (Å²) in [5.41, 5.74) is 1.24. The Kier molecular flexibility index (Phi) is 3.25. The molecule has 1 saturated heterocycles. The van der Waals surface area contributed by atoms with Gasteiger partial charge in [-0.15, -0.1) is 0 Å². The maximum atomic E-state index is 11.6. The average molecular weight is 219 g/mol. The third kappa shape index (κ3) is 2.25. The second-order valence-corrected chi connectivity index (χ2v) is 4.10. The van der Waals surface area contributed by atoms with Crippen LogP contribution in [0.2, 0.25) is 0 Å². The topological polar surface area (TPSA) is 29.3 Å². The van der Waals surface area contributed by atoms with E-state index in [1.54, 1.807) is 0 Å². The Hall–Kier alpha value is -1.35. The molecule has 1 aromatic carbocycles. The highest BCUT2D eigenvalue weighted by Gasteiger charge is 2.49. The molecule has 0 N–H and O–H groups in total. The Bertz CT molecular complexity index is 363. The van der Waals surface area contributed by atoms with Crippen LogP contribution in [0.25, 0.3) is 0 Å². The Balaban J connectivity index is 1.91. The fraction of sp³-hybridized carbons (Fsp3) is 0.462. The molecule has 0 aromatic heterocycles. The van der Waals surface area contributed by atoms with Crippen molar-refractivity contribution in [3.63, 3.8) is 0 Å². The summed E-state index contributed by atoms with van der Waals surface area (Å²) in [6.45, 7) is 5.18. The van der Waals surface area contributed by atoms with Crippen molar-refractivity contribution in [3.05, 3.63) is 35.9 Å². The molecule has 86 valence electrons. The largest absolute Gasteiger partial charge is 0.465 e. The van der Waals surface area contributed by atoms with Gasteiger partial charge in [0.15, 0.2) is 0 Å². The normalized spacial score (nSPS) is 27.5. The predicted molar refractivity (Wildman–Crippen MR) is 61.9 cm³/mol. The van der Waals surface area contributed by atoms with Crippen LogP contribution < -0.4 is 0 Å². The fourth-order valence-corrected chi connectivity index (χ4v) is 2.01. The van der Waals surface area contributed by atoms with E-state index in [1.165, 1.54) is 5.56 Å². The van der Waals surface area contributed by atoms with Gasteiger partial charge < -0.3 is 4.74 Å². The first kappa shape index (κ1) is 11.1. The summed E-state index contributed by atoms with van der Waals surface area (Å²) in [5.74, 6) is -0.0917. The molecule has 3 atom stereocenters. The number of benzene rings is 1. The van der Waals surface area contributed by atoms with Gasteiger partial charge in [0.1, 0.15) is 6.04 Å². The van der Waals surface area contributed by atoms with E-state index in [0.717, 1.165) is 6.54 Å². The van der Waals surface area contributed by atoms with Crippen molar-refractivity contribution in [3.8, 4) is 0 Å². The van der Waals surface area contributed by atoms with Crippen molar-refractivity contribution >= 4 is 5.97 Å². The molecule has 1 aliphatic rings.